The molecule has 3 rings (SSSR count). The van der Waals surface area contributed by atoms with Crippen molar-refractivity contribution in [2.75, 3.05) is 38.7 Å². The number of aromatic nitrogens is 2. The summed E-state index contributed by atoms with van der Waals surface area (Å²) in [7, 11) is -3.60. The fourth-order valence-electron chi connectivity index (χ4n) is 4.76. The highest BCUT2D eigenvalue weighted by Crippen LogP contribution is 2.48. The first-order valence-corrected chi connectivity index (χ1v) is 18.8. The summed E-state index contributed by atoms with van der Waals surface area (Å²) in [5.74, 6) is -0.129. The molecule has 15 nitrogen and oxygen atoms in total. The van der Waals surface area contributed by atoms with Crippen molar-refractivity contribution >= 4 is 42.4 Å². The number of hydrogen-bond donors (Lipinski definition) is 4. The molecule has 2 aromatic rings. The van der Waals surface area contributed by atoms with Gasteiger partial charge in [-0.05, 0) is 18.9 Å². The van der Waals surface area contributed by atoms with E-state index in [4.69, 9.17) is 19.0 Å². The number of amides is 2. The SMILES string of the molecule is CP(=O)(OCCC#N)OC1C[C@H](n2cc(/C=C/C(=O)NCCCCCCNC(=O)CCSC(=O)c3ccccc3)c(=O)[nH]c2=O)O[C@@H]1CO. The number of aliphatic hydroxyl groups is 1. The summed E-state index contributed by atoms with van der Waals surface area (Å²) >= 11 is 1.12. The van der Waals surface area contributed by atoms with Crippen molar-refractivity contribution in [2.45, 2.75) is 63.4 Å². The molecule has 4 N–H and O–H groups in total. The van der Waals surface area contributed by atoms with Crippen LogP contribution in [0.3, 0.4) is 0 Å². The lowest BCUT2D eigenvalue weighted by molar-refractivity contribution is -0.120. The number of thioether (sulfide) groups is 1. The van der Waals surface area contributed by atoms with Crippen molar-refractivity contribution < 1.29 is 37.8 Å². The second kappa shape index (κ2) is 20.6. The molecule has 1 saturated heterocycles. The predicted molar refractivity (Wildman–Crippen MR) is 183 cm³/mol. The Morgan fingerprint density at radius 2 is 1.88 bits per heavy atom. The molecule has 1 aliphatic rings. The number of aliphatic hydroxyl groups excluding tert-OH is 1. The van der Waals surface area contributed by atoms with E-state index in [0.29, 0.717) is 30.8 Å². The molecule has 0 spiro atoms. The summed E-state index contributed by atoms with van der Waals surface area (Å²) in [4.78, 5) is 63.6. The molecular weight excluding hydrogens is 677 g/mol. The highest BCUT2D eigenvalue weighted by Gasteiger charge is 2.40. The van der Waals surface area contributed by atoms with E-state index in [9.17, 15) is 33.6 Å². The van der Waals surface area contributed by atoms with E-state index in [-0.39, 0.29) is 42.5 Å². The Bertz CT molecular complexity index is 1640. The number of hydrogen-bond acceptors (Lipinski definition) is 12. The number of unbranched alkanes of at least 4 members (excludes halogenated alkanes) is 3. The number of nitriles is 1. The minimum Gasteiger partial charge on any atom is -0.394 e. The van der Waals surface area contributed by atoms with E-state index in [1.54, 1.807) is 24.3 Å². The van der Waals surface area contributed by atoms with E-state index in [1.165, 1.54) is 25.0 Å². The third-order valence-corrected chi connectivity index (χ3v) is 9.46. The smallest absolute Gasteiger partial charge is 0.330 e. The van der Waals surface area contributed by atoms with Gasteiger partial charge in [-0.2, -0.15) is 5.26 Å². The van der Waals surface area contributed by atoms with Crippen LogP contribution in [0.1, 0.15) is 67.1 Å². The van der Waals surface area contributed by atoms with Gasteiger partial charge in [0.1, 0.15) is 12.3 Å². The predicted octanol–water partition coefficient (Wildman–Crippen LogP) is 2.72. The topological polar surface area (TPSA) is 219 Å². The highest BCUT2D eigenvalue weighted by molar-refractivity contribution is 8.14. The number of nitrogens with zero attached hydrogens (tertiary/aromatic N) is 2. The van der Waals surface area contributed by atoms with Crippen molar-refractivity contribution in [1.82, 2.24) is 20.2 Å². The number of ether oxygens (including phenoxy) is 1. The van der Waals surface area contributed by atoms with E-state index >= 15 is 0 Å². The minimum atomic E-state index is -3.60. The molecule has 1 fully saturated rings. The number of benzene rings is 1. The summed E-state index contributed by atoms with van der Waals surface area (Å²) < 4.78 is 30.2. The second-order valence-electron chi connectivity index (χ2n) is 11.1. The lowest BCUT2D eigenvalue weighted by Crippen LogP contribution is -2.33. The number of carbonyl (C=O) groups excluding carboxylic acids is 3. The maximum absolute atomic E-state index is 12.6. The third-order valence-electron chi connectivity index (χ3n) is 7.24. The number of rotatable bonds is 20. The van der Waals surface area contributed by atoms with Crippen LogP contribution < -0.4 is 21.9 Å². The molecule has 0 aliphatic carbocycles. The van der Waals surface area contributed by atoms with Crippen molar-refractivity contribution in [2.24, 2.45) is 0 Å². The molecule has 2 amide bonds. The standard InChI is InChI=1S/C32H42N5O10PS/c1-48(44,45-18-9-15-33)47-25-20-29(46-26(25)22-38)37-21-24(30(41)36-32(37)43)12-13-27(39)34-16-7-2-3-8-17-35-28(40)14-19-49-31(42)23-10-5-4-6-11-23/h4-6,10-13,21,25-26,29,38H,2-3,7-9,14,16-20,22H2,1H3,(H,34,39)(H,35,40)(H,36,41,43)/b13-12+/t25?,26-,29-,48?/m1/s1. The molecule has 1 aromatic carbocycles. The van der Waals surface area contributed by atoms with E-state index in [2.05, 4.69) is 15.6 Å². The fourth-order valence-corrected chi connectivity index (χ4v) is 6.74. The largest absolute Gasteiger partial charge is 0.394 e. The van der Waals surface area contributed by atoms with Gasteiger partial charge < -0.3 is 29.5 Å². The zero-order valence-corrected chi connectivity index (χ0v) is 28.9. The highest BCUT2D eigenvalue weighted by atomic mass is 32.2. The molecule has 0 radical (unpaired) electrons. The Morgan fingerprint density at radius 3 is 2.57 bits per heavy atom. The Labute approximate surface area is 287 Å². The molecule has 2 unspecified atom stereocenters. The third kappa shape index (κ3) is 13.9. The quantitative estimate of drug-likeness (QED) is 0.0882. The van der Waals surface area contributed by atoms with Crippen LogP contribution in [-0.4, -0.2) is 82.5 Å². The second-order valence-corrected chi connectivity index (χ2v) is 14.2. The Hall–Kier alpha value is -3.84. The van der Waals surface area contributed by atoms with Gasteiger partial charge in [0.05, 0.1) is 37.4 Å². The van der Waals surface area contributed by atoms with Gasteiger partial charge in [-0.25, -0.2) is 4.79 Å². The summed E-state index contributed by atoms with van der Waals surface area (Å²) in [5.41, 5.74) is -0.882. The summed E-state index contributed by atoms with van der Waals surface area (Å²) in [6.45, 7) is 1.56. The van der Waals surface area contributed by atoms with Gasteiger partial charge in [-0.3, -0.25) is 33.3 Å². The molecule has 1 aromatic heterocycles. The number of nitrogens with one attached hydrogen (secondary N) is 3. The van der Waals surface area contributed by atoms with Gasteiger partial charge in [0.2, 0.25) is 16.9 Å². The van der Waals surface area contributed by atoms with Gasteiger partial charge in [-0.1, -0.05) is 54.9 Å². The van der Waals surface area contributed by atoms with Gasteiger partial charge in [0.15, 0.2) is 0 Å². The maximum Gasteiger partial charge on any atom is 0.330 e. The zero-order chi connectivity index (χ0) is 35.6. The average molecular weight is 720 g/mol. The van der Waals surface area contributed by atoms with Crippen LogP contribution in [0.25, 0.3) is 6.08 Å². The molecular formula is C32H42N5O10PS. The van der Waals surface area contributed by atoms with Crippen LogP contribution in [0.15, 0.2) is 52.2 Å². The number of aromatic amines is 1. The Kier molecular flexibility index (Phi) is 16.7. The van der Waals surface area contributed by atoms with Crippen LogP contribution >= 0.6 is 19.4 Å². The van der Waals surface area contributed by atoms with Crippen LogP contribution in [0, 0.1) is 11.3 Å². The molecule has 49 heavy (non-hydrogen) atoms. The normalized spacial score (nSPS) is 18.5. The summed E-state index contributed by atoms with van der Waals surface area (Å²) in [6, 6.07) is 10.8. The summed E-state index contributed by atoms with van der Waals surface area (Å²) in [6.07, 6.45) is 4.28. The molecule has 17 heteroatoms. The van der Waals surface area contributed by atoms with E-state index < -0.39 is 49.8 Å². The number of carbonyl (C=O) groups is 3. The van der Waals surface area contributed by atoms with Crippen LogP contribution in [0.2, 0.25) is 0 Å². The van der Waals surface area contributed by atoms with E-state index in [0.717, 1.165) is 35.6 Å². The minimum absolute atomic E-state index is 0.00312. The monoisotopic (exact) mass is 719 g/mol. The molecule has 4 atom stereocenters. The molecule has 2 heterocycles. The van der Waals surface area contributed by atoms with Crippen molar-refractivity contribution in [3.63, 3.8) is 0 Å². The zero-order valence-electron chi connectivity index (χ0n) is 27.2. The first kappa shape index (κ1) is 39.6. The lowest BCUT2D eigenvalue weighted by Gasteiger charge is -2.21. The molecule has 266 valence electrons. The first-order chi connectivity index (χ1) is 23.5. The van der Waals surface area contributed by atoms with Crippen molar-refractivity contribution in [1.29, 1.82) is 5.26 Å². The molecule has 0 saturated carbocycles. The van der Waals surface area contributed by atoms with Gasteiger partial charge in [0, 0.05) is 56.2 Å². The first-order valence-electron chi connectivity index (χ1n) is 15.9. The van der Waals surface area contributed by atoms with Crippen LogP contribution in [0.5, 0.6) is 0 Å². The van der Waals surface area contributed by atoms with Gasteiger partial charge in [0.25, 0.3) is 5.56 Å². The van der Waals surface area contributed by atoms with Crippen LogP contribution in [0.4, 0.5) is 0 Å². The van der Waals surface area contributed by atoms with Gasteiger partial charge >= 0.3 is 13.3 Å². The van der Waals surface area contributed by atoms with Crippen LogP contribution in [-0.2, 0) is 27.9 Å². The number of H-pyrrole nitrogens is 1. The van der Waals surface area contributed by atoms with Crippen molar-refractivity contribution in [3.8, 4) is 6.07 Å². The Morgan fingerprint density at radius 1 is 1.16 bits per heavy atom. The maximum atomic E-state index is 12.6. The summed E-state index contributed by atoms with van der Waals surface area (Å²) in [5, 5.41) is 23.9. The molecule has 1 aliphatic heterocycles. The Balaban J connectivity index is 1.35. The lowest BCUT2D eigenvalue weighted by atomic mass is 10.2. The fraction of sp³-hybridized carbons (Fsp3) is 0.500. The van der Waals surface area contributed by atoms with Crippen molar-refractivity contribution in [3.05, 3.63) is 74.6 Å². The van der Waals surface area contributed by atoms with Gasteiger partial charge in [-0.15, -0.1) is 0 Å². The average Bonchev–Trinajstić information content (AvgIpc) is 3.47. The van der Waals surface area contributed by atoms with E-state index in [1.807, 2.05) is 12.1 Å². The molecule has 0 bridgehead atoms.